The van der Waals surface area contributed by atoms with Crippen molar-refractivity contribution in [1.29, 1.82) is 0 Å². The van der Waals surface area contributed by atoms with Gasteiger partial charge in [0.2, 0.25) is 0 Å². The van der Waals surface area contributed by atoms with Crippen molar-refractivity contribution in [3.8, 4) is 0 Å². The minimum Gasteiger partial charge on any atom is -0.384 e. The molecule has 0 radical (unpaired) electrons. The van der Waals surface area contributed by atoms with E-state index in [4.69, 9.17) is 5.73 Å². The van der Waals surface area contributed by atoms with Gasteiger partial charge in [0.1, 0.15) is 5.82 Å². The molecule has 1 aromatic rings. The highest BCUT2D eigenvalue weighted by Gasteiger charge is 2.27. The van der Waals surface area contributed by atoms with E-state index in [1.807, 2.05) is 4.68 Å². The van der Waals surface area contributed by atoms with Crippen LogP contribution in [0.3, 0.4) is 0 Å². The van der Waals surface area contributed by atoms with Gasteiger partial charge < -0.3 is 11.1 Å². The van der Waals surface area contributed by atoms with E-state index < -0.39 is 0 Å². The first kappa shape index (κ1) is 10.1. The number of anilines is 1. The van der Waals surface area contributed by atoms with Gasteiger partial charge in [0, 0.05) is 18.5 Å². The molecule has 3 N–H and O–H groups in total. The predicted octanol–water partition coefficient (Wildman–Crippen LogP) is 1.34. The van der Waals surface area contributed by atoms with Crippen LogP contribution in [0.5, 0.6) is 0 Å². The average molecular weight is 220 g/mol. The van der Waals surface area contributed by atoms with Crippen LogP contribution in [0, 0.1) is 5.92 Å². The highest BCUT2D eigenvalue weighted by molar-refractivity contribution is 5.33. The van der Waals surface area contributed by atoms with Gasteiger partial charge in [0.15, 0.2) is 0 Å². The smallest absolute Gasteiger partial charge is 0.121 e. The maximum atomic E-state index is 6.00. The Morgan fingerprint density at radius 2 is 2.31 bits per heavy atom. The quantitative estimate of drug-likeness (QED) is 0.808. The molecule has 0 unspecified atom stereocenters. The van der Waals surface area contributed by atoms with E-state index in [-0.39, 0.29) is 0 Å². The summed E-state index contributed by atoms with van der Waals surface area (Å²) in [5.74, 6) is 2.24. The third kappa shape index (κ3) is 2.07. The molecule has 88 valence electrons. The van der Waals surface area contributed by atoms with E-state index in [1.165, 1.54) is 37.9 Å². The van der Waals surface area contributed by atoms with Crippen LogP contribution in [0.4, 0.5) is 5.82 Å². The molecular formula is C12H20N4. The van der Waals surface area contributed by atoms with Crippen LogP contribution in [0.25, 0.3) is 0 Å². The Morgan fingerprint density at radius 3 is 3.00 bits per heavy atom. The molecule has 1 saturated carbocycles. The van der Waals surface area contributed by atoms with E-state index in [1.54, 1.807) is 0 Å². The van der Waals surface area contributed by atoms with Gasteiger partial charge in [0.05, 0.1) is 5.69 Å². The van der Waals surface area contributed by atoms with Crippen molar-refractivity contribution in [1.82, 2.24) is 15.1 Å². The first-order valence-corrected chi connectivity index (χ1v) is 6.37. The zero-order valence-electron chi connectivity index (χ0n) is 9.65. The minimum absolute atomic E-state index is 0.697. The maximum absolute atomic E-state index is 6.00. The first-order chi connectivity index (χ1) is 7.83. The van der Waals surface area contributed by atoms with Gasteiger partial charge in [-0.25, -0.2) is 4.68 Å². The second-order valence-electron chi connectivity index (χ2n) is 5.16. The van der Waals surface area contributed by atoms with Crippen LogP contribution in [-0.2, 0) is 6.54 Å². The van der Waals surface area contributed by atoms with Crippen molar-refractivity contribution in [2.75, 3.05) is 18.8 Å². The fraction of sp³-hybridized carbons (Fsp3) is 0.750. The van der Waals surface area contributed by atoms with Crippen molar-refractivity contribution in [2.24, 2.45) is 5.92 Å². The summed E-state index contributed by atoms with van der Waals surface area (Å²) in [4.78, 5) is 0. The summed E-state index contributed by atoms with van der Waals surface area (Å²) >= 11 is 0. The lowest BCUT2D eigenvalue weighted by atomic mass is 10.00. The molecular weight excluding hydrogens is 200 g/mol. The second-order valence-corrected chi connectivity index (χ2v) is 5.16. The van der Waals surface area contributed by atoms with E-state index in [0.717, 1.165) is 18.9 Å². The summed E-state index contributed by atoms with van der Waals surface area (Å²) in [5, 5.41) is 8.06. The molecule has 1 aliphatic heterocycles. The number of hydrogen-bond acceptors (Lipinski definition) is 3. The van der Waals surface area contributed by atoms with Crippen molar-refractivity contribution >= 4 is 5.82 Å². The number of aromatic nitrogens is 2. The Kier molecular flexibility index (Phi) is 2.59. The van der Waals surface area contributed by atoms with E-state index in [9.17, 15) is 0 Å². The number of rotatable bonds is 3. The van der Waals surface area contributed by atoms with Gasteiger partial charge in [-0.1, -0.05) is 0 Å². The predicted molar refractivity (Wildman–Crippen MR) is 64.2 cm³/mol. The van der Waals surface area contributed by atoms with Crippen molar-refractivity contribution < 1.29 is 0 Å². The van der Waals surface area contributed by atoms with E-state index in [2.05, 4.69) is 16.5 Å². The summed E-state index contributed by atoms with van der Waals surface area (Å²) in [5.41, 5.74) is 7.21. The van der Waals surface area contributed by atoms with Gasteiger partial charge in [0.25, 0.3) is 0 Å². The molecule has 16 heavy (non-hydrogen) atoms. The lowest BCUT2D eigenvalue weighted by Gasteiger charge is -2.22. The molecule has 1 aromatic heterocycles. The van der Waals surface area contributed by atoms with Gasteiger partial charge in [-0.3, -0.25) is 0 Å². The summed E-state index contributed by atoms with van der Waals surface area (Å²) < 4.78 is 2.01. The molecule has 0 bridgehead atoms. The molecule has 1 saturated heterocycles. The number of nitrogens with one attached hydrogen (secondary N) is 1. The summed E-state index contributed by atoms with van der Waals surface area (Å²) in [6, 6.07) is 2.06. The summed E-state index contributed by atoms with van der Waals surface area (Å²) in [6.45, 7) is 3.25. The molecule has 1 atom stereocenters. The number of piperidine rings is 1. The van der Waals surface area contributed by atoms with Crippen molar-refractivity contribution in [3.05, 3.63) is 11.8 Å². The summed E-state index contributed by atoms with van der Waals surface area (Å²) in [7, 11) is 0. The molecule has 2 aliphatic rings. The zero-order valence-corrected chi connectivity index (χ0v) is 9.65. The van der Waals surface area contributed by atoms with Gasteiger partial charge in [-0.15, -0.1) is 0 Å². The Labute approximate surface area is 96.2 Å². The standard InChI is InChI=1S/C12H20N4/c13-12-6-11(10-3-4-10)15-16(12)8-9-2-1-5-14-7-9/h6,9-10,14H,1-5,7-8,13H2/t9-/m1/s1. The molecule has 4 nitrogen and oxygen atoms in total. The monoisotopic (exact) mass is 220 g/mol. The molecule has 4 heteroatoms. The second kappa shape index (κ2) is 4.09. The SMILES string of the molecule is Nc1cc(C2CC2)nn1C[C@@H]1CCCNC1. The van der Waals surface area contributed by atoms with Crippen LogP contribution in [0.2, 0.25) is 0 Å². The number of nitrogen functional groups attached to an aromatic ring is 1. The van der Waals surface area contributed by atoms with E-state index in [0.29, 0.717) is 11.8 Å². The van der Waals surface area contributed by atoms with Gasteiger partial charge in [-0.05, 0) is 44.7 Å². The molecule has 0 spiro atoms. The largest absolute Gasteiger partial charge is 0.384 e. The number of hydrogen-bond donors (Lipinski definition) is 2. The van der Waals surface area contributed by atoms with Crippen LogP contribution >= 0.6 is 0 Å². The molecule has 2 heterocycles. The number of nitrogens with zero attached hydrogens (tertiary/aromatic N) is 2. The molecule has 1 aliphatic carbocycles. The fourth-order valence-corrected chi connectivity index (χ4v) is 2.50. The molecule has 2 fully saturated rings. The Balaban J connectivity index is 1.68. The summed E-state index contributed by atoms with van der Waals surface area (Å²) in [6.07, 6.45) is 5.16. The normalized spacial score (nSPS) is 25.9. The van der Waals surface area contributed by atoms with Gasteiger partial charge in [-0.2, -0.15) is 5.10 Å². The Hall–Kier alpha value is -1.03. The highest BCUT2D eigenvalue weighted by atomic mass is 15.3. The minimum atomic E-state index is 0.697. The first-order valence-electron chi connectivity index (χ1n) is 6.37. The lowest BCUT2D eigenvalue weighted by molar-refractivity contribution is 0.326. The highest BCUT2D eigenvalue weighted by Crippen LogP contribution is 2.39. The van der Waals surface area contributed by atoms with Crippen LogP contribution < -0.4 is 11.1 Å². The topological polar surface area (TPSA) is 55.9 Å². The van der Waals surface area contributed by atoms with Gasteiger partial charge >= 0.3 is 0 Å². The van der Waals surface area contributed by atoms with Crippen LogP contribution in [-0.4, -0.2) is 22.9 Å². The molecule has 3 rings (SSSR count). The maximum Gasteiger partial charge on any atom is 0.121 e. The van der Waals surface area contributed by atoms with Crippen molar-refractivity contribution in [3.63, 3.8) is 0 Å². The lowest BCUT2D eigenvalue weighted by Crippen LogP contribution is -2.32. The van der Waals surface area contributed by atoms with E-state index >= 15 is 0 Å². The molecule has 0 aromatic carbocycles. The molecule has 0 amide bonds. The Bertz CT molecular complexity index is 361. The Morgan fingerprint density at radius 1 is 1.44 bits per heavy atom. The fourth-order valence-electron chi connectivity index (χ4n) is 2.50. The van der Waals surface area contributed by atoms with Crippen molar-refractivity contribution in [2.45, 2.75) is 38.1 Å². The zero-order chi connectivity index (χ0) is 11.0. The van der Waals surface area contributed by atoms with Crippen LogP contribution in [0.1, 0.15) is 37.3 Å². The number of nitrogens with two attached hydrogens (primary N) is 1. The van der Waals surface area contributed by atoms with Crippen LogP contribution in [0.15, 0.2) is 6.07 Å². The third-order valence-electron chi connectivity index (χ3n) is 3.66. The third-order valence-corrected chi connectivity index (χ3v) is 3.66. The average Bonchev–Trinajstić information content (AvgIpc) is 3.07.